The van der Waals surface area contributed by atoms with Crippen molar-refractivity contribution >= 4 is 29.4 Å². The van der Waals surface area contributed by atoms with Gasteiger partial charge in [-0.2, -0.15) is 0 Å². The van der Waals surface area contributed by atoms with Gasteiger partial charge in [0.05, 0.1) is 25.5 Å². The van der Waals surface area contributed by atoms with E-state index in [1.165, 1.54) is 38.0 Å². The molecule has 0 bridgehead atoms. The molecule has 0 saturated carbocycles. The van der Waals surface area contributed by atoms with E-state index in [-0.39, 0.29) is 12.5 Å². The van der Waals surface area contributed by atoms with Gasteiger partial charge in [-0.15, -0.1) is 0 Å². The molecule has 6 nitrogen and oxygen atoms in total. The van der Waals surface area contributed by atoms with Gasteiger partial charge in [0.15, 0.2) is 18.1 Å². The normalized spacial score (nSPS) is 12.7. The van der Waals surface area contributed by atoms with Crippen LogP contribution in [0.25, 0.3) is 0 Å². The lowest BCUT2D eigenvalue weighted by Gasteiger charge is -2.09. The number of fused-ring (bicyclic) bond motifs is 1. The van der Waals surface area contributed by atoms with Crippen molar-refractivity contribution < 1.29 is 19.1 Å². The van der Waals surface area contributed by atoms with Gasteiger partial charge in [-0.05, 0) is 54.7 Å². The number of nitrogens with one attached hydrogen (secondary N) is 1. The standard InChI is InChI=1S/C20H21ClN2O4/c1-25-18-9-13(8-17(21)20(18)26-2)11-22-27-12-19(24)23-16-7-6-14-4-3-5-15(14)10-16/h6-11H,3-5,12H2,1-2H3,(H,23,24)/b22-11+. The first-order chi connectivity index (χ1) is 13.1. The van der Waals surface area contributed by atoms with Gasteiger partial charge in [0.25, 0.3) is 5.91 Å². The first-order valence-corrected chi connectivity index (χ1v) is 8.97. The number of carbonyl (C=O) groups is 1. The van der Waals surface area contributed by atoms with E-state index in [0.717, 1.165) is 18.5 Å². The molecular formula is C20H21ClN2O4. The molecule has 27 heavy (non-hydrogen) atoms. The molecule has 1 amide bonds. The van der Waals surface area contributed by atoms with Crippen LogP contribution in [0.3, 0.4) is 0 Å². The zero-order valence-electron chi connectivity index (χ0n) is 15.3. The number of methoxy groups -OCH3 is 2. The molecule has 0 radical (unpaired) electrons. The van der Waals surface area contributed by atoms with Crippen LogP contribution in [-0.2, 0) is 22.5 Å². The van der Waals surface area contributed by atoms with Crippen LogP contribution in [0.15, 0.2) is 35.5 Å². The maximum absolute atomic E-state index is 12.0. The number of benzene rings is 2. The molecule has 1 aliphatic carbocycles. The topological polar surface area (TPSA) is 69.2 Å². The van der Waals surface area contributed by atoms with Crippen LogP contribution in [0.5, 0.6) is 11.5 Å². The van der Waals surface area contributed by atoms with Crippen molar-refractivity contribution in [2.24, 2.45) is 5.16 Å². The van der Waals surface area contributed by atoms with Gasteiger partial charge in [0.2, 0.25) is 0 Å². The van der Waals surface area contributed by atoms with Gasteiger partial charge >= 0.3 is 0 Å². The number of anilines is 1. The number of hydrogen-bond acceptors (Lipinski definition) is 5. The number of nitrogens with zero attached hydrogens (tertiary/aromatic N) is 1. The van der Waals surface area contributed by atoms with Crippen LogP contribution >= 0.6 is 11.6 Å². The van der Waals surface area contributed by atoms with E-state index >= 15 is 0 Å². The maximum atomic E-state index is 12.0. The largest absolute Gasteiger partial charge is 0.493 e. The van der Waals surface area contributed by atoms with E-state index in [4.69, 9.17) is 25.9 Å². The Kier molecular flexibility index (Phi) is 6.19. The predicted molar refractivity (Wildman–Crippen MR) is 105 cm³/mol. The van der Waals surface area contributed by atoms with Crippen molar-refractivity contribution in [2.75, 3.05) is 26.1 Å². The van der Waals surface area contributed by atoms with Crippen molar-refractivity contribution in [3.8, 4) is 11.5 Å². The predicted octanol–water partition coefficient (Wildman–Crippen LogP) is 3.84. The SMILES string of the molecule is COc1cc(/C=N/OCC(=O)Nc2ccc3c(c2)CCC3)cc(Cl)c1OC. The fourth-order valence-corrected chi connectivity index (χ4v) is 3.35. The lowest BCUT2D eigenvalue weighted by molar-refractivity contribution is -0.120. The number of carbonyl (C=O) groups excluding carboxylic acids is 1. The fraction of sp³-hybridized carbons (Fsp3) is 0.300. The highest BCUT2D eigenvalue weighted by atomic mass is 35.5. The van der Waals surface area contributed by atoms with Crippen LogP contribution in [-0.4, -0.2) is 32.9 Å². The molecule has 3 rings (SSSR count). The molecule has 7 heteroatoms. The Morgan fingerprint density at radius 2 is 2.00 bits per heavy atom. The molecular weight excluding hydrogens is 368 g/mol. The molecule has 142 valence electrons. The average Bonchev–Trinajstić information content (AvgIpc) is 3.12. The molecule has 0 saturated heterocycles. The molecule has 0 fully saturated rings. The molecule has 2 aromatic carbocycles. The van der Waals surface area contributed by atoms with E-state index in [2.05, 4.69) is 16.5 Å². The van der Waals surface area contributed by atoms with Crippen molar-refractivity contribution in [3.05, 3.63) is 52.0 Å². The summed E-state index contributed by atoms with van der Waals surface area (Å²) in [7, 11) is 3.04. The number of aryl methyl sites for hydroxylation is 2. The zero-order chi connectivity index (χ0) is 19.2. The van der Waals surface area contributed by atoms with E-state index < -0.39 is 0 Å². The van der Waals surface area contributed by atoms with Crippen molar-refractivity contribution in [1.29, 1.82) is 0 Å². The fourth-order valence-electron chi connectivity index (χ4n) is 3.05. The van der Waals surface area contributed by atoms with Gasteiger partial charge in [-0.1, -0.05) is 22.8 Å². The van der Waals surface area contributed by atoms with Gasteiger partial charge in [-0.25, -0.2) is 0 Å². The summed E-state index contributed by atoms with van der Waals surface area (Å²) in [5, 5.41) is 7.03. The number of halogens is 1. The summed E-state index contributed by atoms with van der Waals surface area (Å²) in [4.78, 5) is 17.1. The van der Waals surface area contributed by atoms with Crippen LogP contribution < -0.4 is 14.8 Å². The third-order valence-corrected chi connectivity index (χ3v) is 4.59. The van der Waals surface area contributed by atoms with Crippen molar-refractivity contribution in [3.63, 3.8) is 0 Å². The third-order valence-electron chi connectivity index (χ3n) is 4.31. The number of amides is 1. The van der Waals surface area contributed by atoms with Crippen LogP contribution in [0, 0.1) is 0 Å². The van der Waals surface area contributed by atoms with Crippen LogP contribution in [0.2, 0.25) is 5.02 Å². The molecule has 0 aliphatic heterocycles. The van der Waals surface area contributed by atoms with Crippen molar-refractivity contribution in [1.82, 2.24) is 0 Å². The number of oxime groups is 1. The summed E-state index contributed by atoms with van der Waals surface area (Å²) >= 11 is 6.14. The second kappa shape index (κ2) is 8.77. The minimum atomic E-state index is -0.268. The Bertz CT molecular complexity index is 867. The highest BCUT2D eigenvalue weighted by molar-refractivity contribution is 6.32. The summed E-state index contributed by atoms with van der Waals surface area (Å²) in [6.45, 7) is -0.186. The summed E-state index contributed by atoms with van der Waals surface area (Å²) in [5.41, 5.74) is 4.11. The van der Waals surface area contributed by atoms with E-state index in [1.54, 1.807) is 12.1 Å². The minimum absolute atomic E-state index is 0.186. The quantitative estimate of drug-likeness (QED) is 0.578. The molecule has 0 spiro atoms. The molecule has 0 heterocycles. The number of hydrogen-bond donors (Lipinski definition) is 1. The highest BCUT2D eigenvalue weighted by Gasteiger charge is 2.12. The Labute approximate surface area is 163 Å². The molecule has 0 unspecified atom stereocenters. The first kappa shape index (κ1) is 19.0. The van der Waals surface area contributed by atoms with Crippen molar-refractivity contribution in [2.45, 2.75) is 19.3 Å². The Morgan fingerprint density at radius 3 is 2.78 bits per heavy atom. The van der Waals surface area contributed by atoms with Gasteiger partial charge < -0.3 is 19.6 Å². The molecule has 2 aromatic rings. The van der Waals surface area contributed by atoms with E-state index in [0.29, 0.717) is 22.1 Å². The summed E-state index contributed by atoms with van der Waals surface area (Å²) < 4.78 is 10.4. The first-order valence-electron chi connectivity index (χ1n) is 8.59. The maximum Gasteiger partial charge on any atom is 0.265 e. The Balaban J connectivity index is 1.53. The second-order valence-electron chi connectivity index (χ2n) is 6.13. The molecule has 0 aromatic heterocycles. The van der Waals surface area contributed by atoms with Gasteiger partial charge in [-0.3, -0.25) is 4.79 Å². The minimum Gasteiger partial charge on any atom is -0.493 e. The third kappa shape index (κ3) is 4.71. The highest BCUT2D eigenvalue weighted by Crippen LogP contribution is 2.35. The summed E-state index contributed by atoms with van der Waals surface area (Å²) in [5.74, 6) is 0.669. The van der Waals surface area contributed by atoms with E-state index in [1.807, 2.05) is 12.1 Å². The second-order valence-corrected chi connectivity index (χ2v) is 6.54. The molecule has 1 aliphatic rings. The number of rotatable bonds is 7. The summed E-state index contributed by atoms with van der Waals surface area (Å²) in [6, 6.07) is 9.38. The smallest absolute Gasteiger partial charge is 0.265 e. The van der Waals surface area contributed by atoms with Gasteiger partial charge in [0, 0.05) is 11.3 Å². The van der Waals surface area contributed by atoms with E-state index in [9.17, 15) is 4.79 Å². The Hall–Kier alpha value is -2.73. The lowest BCUT2D eigenvalue weighted by atomic mass is 10.1. The summed E-state index contributed by atoms with van der Waals surface area (Å²) in [6.07, 6.45) is 4.80. The Morgan fingerprint density at radius 1 is 1.19 bits per heavy atom. The average molecular weight is 389 g/mol. The van der Waals surface area contributed by atoms with Crippen LogP contribution in [0.4, 0.5) is 5.69 Å². The zero-order valence-corrected chi connectivity index (χ0v) is 16.0. The van der Waals surface area contributed by atoms with Crippen LogP contribution in [0.1, 0.15) is 23.1 Å². The van der Waals surface area contributed by atoms with Gasteiger partial charge in [0.1, 0.15) is 0 Å². The molecule has 0 atom stereocenters. The monoisotopic (exact) mass is 388 g/mol. The lowest BCUT2D eigenvalue weighted by Crippen LogP contribution is -2.17. The number of ether oxygens (including phenoxy) is 2. The molecule has 1 N–H and O–H groups in total.